The Morgan fingerprint density at radius 2 is 1.83 bits per heavy atom. The Labute approximate surface area is 345 Å². The van der Waals surface area contributed by atoms with Crippen molar-refractivity contribution in [1.82, 2.24) is 25.2 Å². The molecular weight excluding hydrogens is 775 g/mol. The Morgan fingerprint density at radius 1 is 1.10 bits per heavy atom. The smallest absolute Gasteiger partial charge is 0.407 e. The number of amides is 4. The number of nitrogens with zero attached hydrogens (tertiary/aromatic N) is 2. The molecule has 3 heterocycles. The van der Waals surface area contributed by atoms with Crippen LogP contribution in [0.4, 0.5) is 4.79 Å². The van der Waals surface area contributed by atoms with Gasteiger partial charge in [0.15, 0.2) is 0 Å². The Kier molecular flexibility index (Phi) is 11.2. The minimum Gasteiger partial charge on any atom is -0.496 e. The van der Waals surface area contributed by atoms with E-state index in [0.717, 1.165) is 29.4 Å². The molecule has 1 saturated heterocycles. The highest BCUT2D eigenvalue weighted by molar-refractivity contribution is 7.91. The predicted molar refractivity (Wildman–Crippen MR) is 222 cm³/mol. The molecule has 2 aliphatic heterocycles. The number of sulfonamides is 1. The van der Waals surface area contributed by atoms with E-state index in [-0.39, 0.29) is 26.0 Å². The summed E-state index contributed by atoms with van der Waals surface area (Å²) in [6, 6.07) is 13.2. The van der Waals surface area contributed by atoms with E-state index in [1.165, 1.54) is 11.0 Å². The van der Waals surface area contributed by atoms with Crippen molar-refractivity contribution in [2.45, 2.75) is 109 Å². The number of rotatable bonds is 8. The number of methoxy groups -OCH3 is 1. The second-order valence-corrected chi connectivity index (χ2v) is 20.2. The highest BCUT2D eigenvalue weighted by Crippen LogP contribution is 2.46. The third kappa shape index (κ3) is 8.90. The van der Waals surface area contributed by atoms with Crippen LogP contribution in [0.15, 0.2) is 61.2 Å². The Bertz CT molecular complexity index is 2270. The Balaban J connectivity index is 1.29. The van der Waals surface area contributed by atoms with Gasteiger partial charge in [0.05, 0.1) is 36.7 Å². The van der Waals surface area contributed by atoms with Gasteiger partial charge in [-0.15, -0.1) is 6.58 Å². The molecule has 7 rings (SSSR count). The second-order valence-electron chi connectivity index (χ2n) is 18.3. The third-order valence-electron chi connectivity index (χ3n) is 11.9. The largest absolute Gasteiger partial charge is 0.496 e. The zero-order chi connectivity index (χ0) is 42.5. The van der Waals surface area contributed by atoms with E-state index in [1.807, 2.05) is 83.1 Å². The van der Waals surface area contributed by atoms with Gasteiger partial charge in [0.2, 0.25) is 21.8 Å². The molecule has 0 spiro atoms. The molecule has 4 amide bonds. The molecular formula is C44H55N5O9S. The van der Waals surface area contributed by atoms with Crippen LogP contribution >= 0.6 is 0 Å². The molecule has 316 valence electrons. The van der Waals surface area contributed by atoms with E-state index in [2.05, 4.69) is 21.9 Å². The van der Waals surface area contributed by atoms with Crippen molar-refractivity contribution in [1.29, 1.82) is 0 Å². The van der Waals surface area contributed by atoms with Gasteiger partial charge in [-0.2, -0.15) is 0 Å². The van der Waals surface area contributed by atoms with Crippen LogP contribution in [0, 0.1) is 16.7 Å². The summed E-state index contributed by atoms with van der Waals surface area (Å²) in [6.45, 7) is 13.3. The SMILES string of the molecule is C=C[C@H]1C[C@]1(NC(=O)[C@@H]1C[C@@H]2CN1C(=O)[C@H](C(C)(C)C)NC(=O)OCC(C)(C)CCCc1cc3c(cc(-c4ccccc4)nc3cc1OC)O2)C(=O)NS(=O)(=O)C1CC1. The van der Waals surface area contributed by atoms with Gasteiger partial charge in [0, 0.05) is 35.4 Å². The third-order valence-corrected chi connectivity index (χ3v) is 13.7. The summed E-state index contributed by atoms with van der Waals surface area (Å²) in [5.74, 6) is -1.40. The summed E-state index contributed by atoms with van der Waals surface area (Å²) in [5, 5.41) is 5.72. The summed E-state index contributed by atoms with van der Waals surface area (Å²) in [4.78, 5) is 62.8. The van der Waals surface area contributed by atoms with E-state index in [1.54, 1.807) is 7.11 Å². The predicted octanol–water partition coefficient (Wildman–Crippen LogP) is 5.43. The fraction of sp³-hybridized carbons (Fsp3) is 0.523. The van der Waals surface area contributed by atoms with Crippen molar-refractivity contribution in [2.24, 2.45) is 16.7 Å². The number of aromatic nitrogens is 1. The summed E-state index contributed by atoms with van der Waals surface area (Å²) >= 11 is 0. The number of hydrogen-bond acceptors (Lipinski definition) is 10. The van der Waals surface area contributed by atoms with Crippen LogP contribution in [0.25, 0.3) is 22.2 Å². The first-order chi connectivity index (χ1) is 27.8. The molecule has 0 radical (unpaired) electrons. The summed E-state index contributed by atoms with van der Waals surface area (Å²) in [5.41, 5.74) is 0.304. The first kappa shape index (κ1) is 42.0. The van der Waals surface area contributed by atoms with Crippen LogP contribution < -0.4 is 24.8 Å². The number of alkyl carbamates (subject to hydrolysis) is 1. The minimum atomic E-state index is -3.92. The average Bonchev–Trinajstić information content (AvgIpc) is 4.12. The number of benzene rings is 2. The molecule has 4 bridgehead atoms. The van der Waals surface area contributed by atoms with Gasteiger partial charge in [0.1, 0.15) is 35.2 Å². The summed E-state index contributed by atoms with van der Waals surface area (Å²) < 4.78 is 46.3. The maximum absolute atomic E-state index is 14.8. The number of nitrogens with one attached hydrogen (secondary N) is 3. The molecule has 15 heteroatoms. The van der Waals surface area contributed by atoms with Crippen LogP contribution in [0.5, 0.6) is 11.5 Å². The molecule has 59 heavy (non-hydrogen) atoms. The maximum atomic E-state index is 14.8. The monoisotopic (exact) mass is 829 g/mol. The van der Waals surface area contributed by atoms with Crippen molar-refractivity contribution < 1.29 is 41.8 Å². The fourth-order valence-corrected chi connectivity index (χ4v) is 9.51. The van der Waals surface area contributed by atoms with Gasteiger partial charge in [-0.25, -0.2) is 18.2 Å². The highest BCUT2D eigenvalue weighted by atomic mass is 32.2. The number of hydrogen-bond donors (Lipinski definition) is 3. The summed E-state index contributed by atoms with van der Waals surface area (Å²) in [7, 11) is -2.30. The fourth-order valence-electron chi connectivity index (χ4n) is 8.15. The van der Waals surface area contributed by atoms with Gasteiger partial charge < -0.3 is 29.7 Å². The van der Waals surface area contributed by atoms with Crippen LogP contribution in [0.3, 0.4) is 0 Å². The molecule has 2 aromatic carbocycles. The zero-order valence-corrected chi connectivity index (χ0v) is 35.4. The minimum absolute atomic E-state index is 0.0252. The van der Waals surface area contributed by atoms with Gasteiger partial charge >= 0.3 is 6.09 Å². The number of carbonyl (C=O) groups excluding carboxylic acids is 4. The van der Waals surface area contributed by atoms with E-state index in [4.69, 9.17) is 19.2 Å². The Hall–Kier alpha value is -5.18. The number of fused-ring (bicyclic) bond motifs is 3. The lowest BCUT2D eigenvalue weighted by Crippen LogP contribution is -2.60. The van der Waals surface area contributed by atoms with Crippen molar-refractivity contribution in [2.75, 3.05) is 20.3 Å². The molecule has 5 atom stereocenters. The van der Waals surface area contributed by atoms with Gasteiger partial charge in [-0.1, -0.05) is 71.0 Å². The molecule has 3 N–H and O–H groups in total. The van der Waals surface area contributed by atoms with E-state index < -0.39 is 79.6 Å². The van der Waals surface area contributed by atoms with Crippen LogP contribution in [0.1, 0.15) is 78.7 Å². The lowest BCUT2D eigenvalue weighted by molar-refractivity contribution is -0.142. The zero-order valence-electron chi connectivity index (χ0n) is 34.6. The number of carbonyl (C=O) groups is 4. The van der Waals surface area contributed by atoms with E-state index in [0.29, 0.717) is 42.0 Å². The molecule has 1 aromatic heterocycles. The number of ether oxygens (including phenoxy) is 3. The van der Waals surface area contributed by atoms with Crippen LogP contribution in [-0.4, -0.2) is 91.4 Å². The first-order valence-corrected chi connectivity index (χ1v) is 21.9. The molecule has 14 nitrogen and oxygen atoms in total. The van der Waals surface area contributed by atoms with Crippen LogP contribution in [0.2, 0.25) is 0 Å². The quantitative estimate of drug-likeness (QED) is 0.248. The highest BCUT2D eigenvalue weighted by Gasteiger charge is 2.62. The van der Waals surface area contributed by atoms with E-state index in [9.17, 15) is 27.6 Å². The van der Waals surface area contributed by atoms with Crippen molar-refractivity contribution in [3.63, 3.8) is 0 Å². The Morgan fingerprint density at radius 3 is 2.47 bits per heavy atom. The molecule has 2 aliphatic carbocycles. The summed E-state index contributed by atoms with van der Waals surface area (Å²) in [6.07, 6.45) is 3.25. The number of pyridine rings is 1. The van der Waals surface area contributed by atoms with Crippen molar-refractivity contribution >= 4 is 44.7 Å². The lowest BCUT2D eigenvalue weighted by atomic mass is 9.85. The second kappa shape index (κ2) is 15.8. The van der Waals surface area contributed by atoms with Gasteiger partial charge in [-0.05, 0) is 61.0 Å². The molecule has 3 aromatic rings. The first-order valence-electron chi connectivity index (χ1n) is 20.3. The van der Waals surface area contributed by atoms with Gasteiger partial charge in [-0.3, -0.25) is 19.1 Å². The average molecular weight is 830 g/mol. The topological polar surface area (TPSA) is 182 Å². The number of aryl methyl sites for hydroxylation is 1. The van der Waals surface area contributed by atoms with Crippen LogP contribution in [-0.2, 0) is 35.6 Å². The van der Waals surface area contributed by atoms with Crippen molar-refractivity contribution in [3.8, 4) is 22.8 Å². The normalized spacial score (nSPS) is 26.1. The molecule has 2 saturated carbocycles. The van der Waals surface area contributed by atoms with E-state index >= 15 is 0 Å². The van der Waals surface area contributed by atoms with Crippen molar-refractivity contribution in [3.05, 3.63) is 66.7 Å². The molecule has 4 aliphatic rings. The molecule has 0 unspecified atom stereocenters. The maximum Gasteiger partial charge on any atom is 0.407 e. The molecule has 3 fully saturated rings. The van der Waals surface area contributed by atoms with Gasteiger partial charge in [0.25, 0.3) is 5.91 Å². The lowest BCUT2D eigenvalue weighted by Gasteiger charge is -2.35. The standard InChI is InChI=1S/C44H55N5O9S/c1-8-28-23-44(28,40(52)48-59(54,55)30-16-17-30)47-38(50)34-20-29-24-49(34)39(51)37(42(2,3)4)46-41(53)57-25-43(5,6)18-12-15-27-19-31-33(22-35(27)56-7)45-32(21-36(31)58-29)26-13-10-9-11-14-26/h8-11,13-14,19,21-22,28-30,34,37H,1,12,15-18,20,23-25H2,2-7H3,(H,46,53)(H,47,50)(H,48,52)/t28-,29+,34-,37+,44+/m0/s1. The number of cyclic esters (lactones) is 1.